The molecule has 2 heterocycles. The maximum Gasteiger partial charge on any atom is 0.267 e. The lowest BCUT2D eigenvalue weighted by Crippen LogP contribution is -2.40. The number of aromatic nitrogens is 2. The number of rotatable bonds is 5. The minimum Gasteiger partial charge on any atom is -0.364 e. The average Bonchev–Trinajstić information content (AvgIpc) is 3.22. The summed E-state index contributed by atoms with van der Waals surface area (Å²) >= 11 is 0. The molecular weight excluding hydrogens is 383 g/mol. The molecular formula is C23H23FN4O2. The summed E-state index contributed by atoms with van der Waals surface area (Å²) < 4.78 is 13.1. The van der Waals surface area contributed by atoms with Gasteiger partial charge >= 0.3 is 0 Å². The Morgan fingerprint density at radius 2 is 1.87 bits per heavy atom. The van der Waals surface area contributed by atoms with Gasteiger partial charge in [0, 0.05) is 24.6 Å². The maximum atomic E-state index is 13.1. The number of piperidine rings is 1. The van der Waals surface area contributed by atoms with Crippen molar-refractivity contribution < 1.29 is 14.0 Å². The van der Waals surface area contributed by atoms with Gasteiger partial charge in [-0.25, -0.2) is 9.37 Å². The predicted molar refractivity (Wildman–Crippen MR) is 111 cm³/mol. The molecule has 0 spiro atoms. The second-order valence-electron chi connectivity index (χ2n) is 7.56. The first-order valence-corrected chi connectivity index (χ1v) is 9.98. The first-order valence-electron chi connectivity index (χ1n) is 9.98. The number of carbonyl (C=O) groups is 2. The van der Waals surface area contributed by atoms with Crippen molar-refractivity contribution >= 4 is 11.8 Å². The third-order valence-corrected chi connectivity index (χ3v) is 5.45. The lowest BCUT2D eigenvalue weighted by atomic mass is 9.96. The monoisotopic (exact) mass is 406 g/mol. The fourth-order valence-electron chi connectivity index (χ4n) is 3.88. The number of carbonyl (C=O) groups excluding carboxylic acids is 2. The summed E-state index contributed by atoms with van der Waals surface area (Å²) in [5.41, 5.74) is 7.98. The molecule has 154 valence electrons. The van der Waals surface area contributed by atoms with Gasteiger partial charge in [0.15, 0.2) is 0 Å². The molecule has 1 aromatic heterocycles. The molecule has 1 atom stereocenters. The van der Waals surface area contributed by atoms with Gasteiger partial charge in [-0.2, -0.15) is 0 Å². The number of imidazole rings is 1. The number of likely N-dealkylation sites (tertiary alicyclic amines) is 1. The zero-order chi connectivity index (χ0) is 21.1. The highest BCUT2D eigenvalue weighted by Crippen LogP contribution is 2.29. The van der Waals surface area contributed by atoms with Crippen molar-refractivity contribution in [2.24, 2.45) is 5.73 Å². The number of nitrogens with two attached hydrogens (primary N) is 1. The highest BCUT2D eigenvalue weighted by atomic mass is 19.1. The molecule has 1 aliphatic heterocycles. The molecule has 2 amide bonds. The second kappa shape index (κ2) is 8.49. The van der Waals surface area contributed by atoms with Gasteiger partial charge in [0.25, 0.3) is 5.91 Å². The molecule has 0 aliphatic carbocycles. The molecule has 30 heavy (non-hydrogen) atoms. The minimum atomic E-state index is -0.562. The van der Waals surface area contributed by atoms with E-state index in [-0.39, 0.29) is 29.8 Å². The van der Waals surface area contributed by atoms with E-state index >= 15 is 0 Å². The fraction of sp³-hybridized carbons (Fsp3) is 0.261. The molecule has 0 saturated carbocycles. The van der Waals surface area contributed by atoms with Crippen molar-refractivity contribution in [1.82, 2.24) is 14.9 Å². The molecule has 1 unspecified atom stereocenters. The molecule has 1 aliphatic rings. The molecule has 7 heteroatoms. The maximum absolute atomic E-state index is 13.1. The highest BCUT2D eigenvalue weighted by Gasteiger charge is 2.28. The van der Waals surface area contributed by atoms with Gasteiger partial charge < -0.3 is 15.6 Å². The summed E-state index contributed by atoms with van der Waals surface area (Å²) in [6.45, 7) is 1.19. The van der Waals surface area contributed by atoms with Crippen LogP contribution in [0.15, 0.2) is 54.6 Å². The van der Waals surface area contributed by atoms with Gasteiger partial charge in [-0.05, 0) is 30.5 Å². The SMILES string of the molecule is NC(=O)c1[nH]c(C2CCCN(C(=O)Cc3ccc(F)cc3)C2)nc1-c1ccccc1. The number of benzene rings is 2. The van der Waals surface area contributed by atoms with Crippen LogP contribution in [-0.2, 0) is 11.2 Å². The van der Waals surface area contributed by atoms with E-state index in [1.807, 2.05) is 35.2 Å². The summed E-state index contributed by atoms with van der Waals surface area (Å²) in [6.07, 6.45) is 1.93. The molecule has 1 fully saturated rings. The smallest absolute Gasteiger partial charge is 0.267 e. The Morgan fingerprint density at radius 1 is 1.13 bits per heavy atom. The van der Waals surface area contributed by atoms with E-state index in [4.69, 9.17) is 5.73 Å². The third kappa shape index (κ3) is 4.25. The van der Waals surface area contributed by atoms with Crippen LogP contribution in [0.25, 0.3) is 11.3 Å². The molecule has 1 saturated heterocycles. The minimum absolute atomic E-state index is 0.00345. The number of halogens is 1. The number of aromatic amines is 1. The van der Waals surface area contributed by atoms with Crippen molar-refractivity contribution in [2.75, 3.05) is 13.1 Å². The van der Waals surface area contributed by atoms with Crippen molar-refractivity contribution in [3.8, 4) is 11.3 Å². The largest absolute Gasteiger partial charge is 0.364 e. The number of hydrogen-bond donors (Lipinski definition) is 2. The molecule has 3 N–H and O–H groups in total. The van der Waals surface area contributed by atoms with E-state index in [1.54, 1.807) is 12.1 Å². The van der Waals surface area contributed by atoms with E-state index in [0.717, 1.165) is 24.0 Å². The number of hydrogen-bond acceptors (Lipinski definition) is 3. The van der Waals surface area contributed by atoms with Gasteiger partial charge in [-0.3, -0.25) is 9.59 Å². The van der Waals surface area contributed by atoms with E-state index in [9.17, 15) is 14.0 Å². The lowest BCUT2D eigenvalue weighted by Gasteiger charge is -2.32. The molecule has 0 bridgehead atoms. The van der Waals surface area contributed by atoms with Crippen molar-refractivity contribution in [2.45, 2.75) is 25.2 Å². The Hall–Kier alpha value is -3.48. The predicted octanol–water partition coefficient (Wildman–Crippen LogP) is 3.26. The van der Waals surface area contributed by atoms with E-state index in [1.165, 1.54) is 12.1 Å². The Bertz CT molecular complexity index is 1050. The quantitative estimate of drug-likeness (QED) is 0.681. The topological polar surface area (TPSA) is 92.1 Å². The summed E-state index contributed by atoms with van der Waals surface area (Å²) in [7, 11) is 0. The fourth-order valence-corrected chi connectivity index (χ4v) is 3.88. The lowest BCUT2D eigenvalue weighted by molar-refractivity contribution is -0.131. The van der Waals surface area contributed by atoms with Crippen LogP contribution in [0, 0.1) is 5.82 Å². The molecule has 0 radical (unpaired) electrons. The van der Waals surface area contributed by atoms with Crippen LogP contribution in [0.1, 0.15) is 40.6 Å². The Morgan fingerprint density at radius 3 is 2.57 bits per heavy atom. The van der Waals surface area contributed by atoms with E-state index in [0.29, 0.717) is 24.6 Å². The van der Waals surface area contributed by atoms with E-state index in [2.05, 4.69) is 9.97 Å². The number of amides is 2. The van der Waals surface area contributed by atoms with Gasteiger partial charge in [-0.15, -0.1) is 0 Å². The third-order valence-electron chi connectivity index (χ3n) is 5.45. The molecule has 4 rings (SSSR count). The van der Waals surface area contributed by atoms with Gasteiger partial charge in [0.2, 0.25) is 5.91 Å². The van der Waals surface area contributed by atoms with Gasteiger partial charge in [0.1, 0.15) is 23.0 Å². The van der Waals surface area contributed by atoms with Crippen molar-refractivity contribution in [3.05, 3.63) is 77.5 Å². The van der Waals surface area contributed by atoms with Crippen molar-refractivity contribution in [1.29, 1.82) is 0 Å². The summed E-state index contributed by atoms with van der Waals surface area (Å²) in [6, 6.07) is 15.4. The Balaban J connectivity index is 1.52. The van der Waals surface area contributed by atoms with Crippen LogP contribution in [0.5, 0.6) is 0 Å². The number of primary amides is 1. The van der Waals surface area contributed by atoms with E-state index < -0.39 is 5.91 Å². The van der Waals surface area contributed by atoms with Crippen LogP contribution in [-0.4, -0.2) is 39.8 Å². The number of nitrogens with zero attached hydrogens (tertiary/aromatic N) is 2. The van der Waals surface area contributed by atoms with Crippen LogP contribution >= 0.6 is 0 Å². The summed E-state index contributed by atoms with van der Waals surface area (Å²) in [4.78, 5) is 34.3. The van der Waals surface area contributed by atoms with Crippen LogP contribution in [0.4, 0.5) is 4.39 Å². The number of nitrogens with one attached hydrogen (secondary N) is 1. The highest BCUT2D eigenvalue weighted by molar-refractivity contribution is 5.97. The second-order valence-corrected chi connectivity index (χ2v) is 7.56. The molecule has 3 aromatic rings. The van der Waals surface area contributed by atoms with Crippen molar-refractivity contribution in [3.63, 3.8) is 0 Å². The first-order chi connectivity index (χ1) is 14.5. The van der Waals surface area contributed by atoms with Gasteiger partial charge in [-0.1, -0.05) is 42.5 Å². The van der Waals surface area contributed by atoms with Crippen LogP contribution in [0.3, 0.4) is 0 Å². The average molecular weight is 406 g/mol. The molecule has 6 nitrogen and oxygen atoms in total. The first kappa shape index (κ1) is 19.8. The zero-order valence-electron chi connectivity index (χ0n) is 16.5. The number of H-pyrrole nitrogens is 1. The molecule has 2 aromatic carbocycles. The van der Waals surface area contributed by atoms with Crippen LogP contribution < -0.4 is 5.73 Å². The Labute approximate surface area is 173 Å². The Kier molecular flexibility index (Phi) is 5.61. The van der Waals surface area contributed by atoms with Gasteiger partial charge in [0.05, 0.1) is 6.42 Å². The summed E-state index contributed by atoms with van der Waals surface area (Å²) in [5.74, 6) is -0.223. The summed E-state index contributed by atoms with van der Waals surface area (Å²) in [5, 5.41) is 0. The normalized spacial score (nSPS) is 16.4. The standard InChI is InChI=1S/C23H23FN4O2/c24-18-10-8-15(9-11-18)13-19(29)28-12-4-7-17(14-28)23-26-20(21(27-23)22(25)30)16-5-2-1-3-6-16/h1-3,5-6,8-11,17H,4,7,12-14H2,(H2,25,30)(H,26,27). The van der Waals surface area contributed by atoms with Crippen LogP contribution in [0.2, 0.25) is 0 Å². The zero-order valence-corrected chi connectivity index (χ0v) is 16.5.